The van der Waals surface area contributed by atoms with Gasteiger partial charge < -0.3 is 9.32 Å². The lowest BCUT2D eigenvalue weighted by Crippen LogP contribution is -2.19. The van der Waals surface area contributed by atoms with Gasteiger partial charge in [-0.25, -0.2) is 4.98 Å². The van der Waals surface area contributed by atoms with Crippen molar-refractivity contribution in [1.29, 1.82) is 0 Å². The highest BCUT2D eigenvalue weighted by Gasteiger charge is 2.09. The monoisotopic (exact) mass is 257 g/mol. The zero-order valence-electron chi connectivity index (χ0n) is 11.2. The van der Waals surface area contributed by atoms with E-state index in [4.69, 9.17) is 4.42 Å². The van der Waals surface area contributed by atoms with Gasteiger partial charge in [-0.05, 0) is 32.0 Å². The second-order valence-electron chi connectivity index (χ2n) is 4.56. The van der Waals surface area contributed by atoms with E-state index in [1.165, 1.54) is 0 Å². The Morgan fingerprint density at radius 1 is 1.21 bits per heavy atom. The number of hydrogen-bond donors (Lipinski definition) is 0. The molecule has 3 heterocycles. The van der Waals surface area contributed by atoms with E-state index < -0.39 is 0 Å². The molecule has 0 aliphatic heterocycles. The van der Waals surface area contributed by atoms with Gasteiger partial charge in [0.2, 0.25) is 0 Å². The number of anilines is 1. The predicted molar refractivity (Wildman–Crippen MR) is 71.1 cm³/mol. The summed E-state index contributed by atoms with van der Waals surface area (Å²) < 4.78 is 6.86. The molecular weight excluding hydrogens is 242 g/mol. The first-order valence-corrected chi connectivity index (χ1v) is 6.08. The van der Waals surface area contributed by atoms with Gasteiger partial charge in [0, 0.05) is 19.2 Å². The highest BCUT2D eigenvalue weighted by molar-refractivity contribution is 5.45. The summed E-state index contributed by atoms with van der Waals surface area (Å²) in [6, 6.07) is 5.84. The van der Waals surface area contributed by atoms with Crippen molar-refractivity contribution < 1.29 is 4.42 Å². The van der Waals surface area contributed by atoms with Crippen molar-refractivity contribution >= 4 is 11.5 Å². The zero-order valence-corrected chi connectivity index (χ0v) is 11.2. The smallest absolute Gasteiger partial charge is 0.176 e. The molecule has 0 radical (unpaired) electrons. The fourth-order valence-corrected chi connectivity index (χ4v) is 1.99. The van der Waals surface area contributed by atoms with Crippen LogP contribution >= 0.6 is 0 Å². The van der Waals surface area contributed by atoms with Gasteiger partial charge in [0.1, 0.15) is 11.6 Å². The van der Waals surface area contributed by atoms with Crippen molar-refractivity contribution in [3.05, 3.63) is 41.6 Å². The molecule has 0 aliphatic carbocycles. The lowest BCUT2D eigenvalue weighted by atomic mass is 10.2. The standard InChI is InChI=1S/C13H15N5O/c1-9-11(6-7-19-9)8-17(3)13-5-4-12-14-10(2)15-18(12)16-13/h4-7H,8H2,1-3H3. The highest BCUT2D eigenvalue weighted by atomic mass is 16.3. The van der Waals surface area contributed by atoms with Crippen molar-refractivity contribution in [3.8, 4) is 0 Å². The van der Waals surface area contributed by atoms with Gasteiger partial charge in [-0.2, -0.15) is 0 Å². The topological polar surface area (TPSA) is 59.5 Å². The van der Waals surface area contributed by atoms with Crippen LogP contribution in [0, 0.1) is 13.8 Å². The molecule has 0 N–H and O–H groups in total. The molecule has 0 saturated heterocycles. The summed E-state index contributed by atoms with van der Waals surface area (Å²) in [4.78, 5) is 6.31. The molecule has 6 nitrogen and oxygen atoms in total. The van der Waals surface area contributed by atoms with Crippen LogP contribution in [0.2, 0.25) is 0 Å². The fraction of sp³-hybridized carbons (Fsp3) is 0.308. The third kappa shape index (κ3) is 2.16. The molecule has 0 aromatic carbocycles. The highest BCUT2D eigenvalue weighted by Crippen LogP contribution is 2.16. The summed E-state index contributed by atoms with van der Waals surface area (Å²) in [5.41, 5.74) is 1.91. The number of aryl methyl sites for hydroxylation is 2. The van der Waals surface area contributed by atoms with Gasteiger partial charge >= 0.3 is 0 Å². The van der Waals surface area contributed by atoms with Crippen molar-refractivity contribution in [1.82, 2.24) is 19.8 Å². The summed E-state index contributed by atoms with van der Waals surface area (Å²) in [6.07, 6.45) is 1.70. The molecule has 0 fully saturated rings. The normalized spacial score (nSPS) is 11.1. The Kier molecular flexibility index (Phi) is 2.70. The Balaban J connectivity index is 1.88. The molecule has 0 spiro atoms. The molecule has 19 heavy (non-hydrogen) atoms. The first-order valence-electron chi connectivity index (χ1n) is 6.08. The van der Waals surface area contributed by atoms with Crippen molar-refractivity contribution in [2.45, 2.75) is 20.4 Å². The van der Waals surface area contributed by atoms with Crippen LogP contribution in [0.5, 0.6) is 0 Å². The summed E-state index contributed by atoms with van der Waals surface area (Å²) in [6.45, 7) is 4.56. The Bertz CT molecular complexity index is 715. The molecule has 0 unspecified atom stereocenters. The van der Waals surface area contributed by atoms with E-state index in [0.717, 1.165) is 35.2 Å². The zero-order chi connectivity index (χ0) is 13.4. The minimum Gasteiger partial charge on any atom is -0.469 e. The Labute approximate surface area is 110 Å². The van der Waals surface area contributed by atoms with Crippen LogP contribution in [0.25, 0.3) is 5.65 Å². The van der Waals surface area contributed by atoms with Crippen molar-refractivity contribution in [2.24, 2.45) is 0 Å². The number of nitrogens with zero attached hydrogens (tertiary/aromatic N) is 5. The molecule has 0 amide bonds. The first-order chi connectivity index (χ1) is 9.13. The number of fused-ring (bicyclic) bond motifs is 1. The Morgan fingerprint density at radius 3 is 2.79 bits per heavy atom. The van der Waals surface area contributed by atoms with Crippen LogP contribution in [0.15, 0.2) is 28.9 Å². The van der Waals surface area contributed by atoms with Crippen LogP contribution in [-0.2, 0) is 6.54 Å². The second kappa shape index (κ2) is 4.38. The lowest BCUT2D eigenvalue weighted by Gasteiger charge is -2.17. The SMILES string of the molecule is Cc1nc2ccc(N(C)Cc3ccoc3C)nn2n1. The van der Waals surface area contributed by atoms with Crippen LogP contribution < -0.4 is 4.90 Å². The van der Waals surface area contributed by atoms with Crippen molar-refractivity contribution in [2.75, 3.05) is 11.9 Å². The molecule has 6 heteroatoms. The molecule has 3 rings (SSSR count). The molecule has 3 aromatic rings. The van der Waals surface area contributed by atoms with Gasteiger partial charge in [-0.3, -0.25) is 0 Å². The molecule has 0 saturated carbocycles. The Hall–Kier alpha value is -2.37. The maximum atomic E-state index is 5.30. The van der Waals surface area contributed by atoms with E-state index in [-0.39, 0.29) is 0 Å². The summed E-state index contributed by atoms with van der Waals surface area (Å²) in [7, 11) is 1.99. The number of furan rings is 1. The summed E-state index contributed by atoms with van der Waals surface area (Å²) >= 11 is 0. The molecule has 0 aliphatic rings. The lowest BCUT2D eigenvalue weighted by molar-refractivity contribution is 0.529. The van der Waals surface area contributed by atoms with Gasteiger partial charge in [0.25, 0.3) is 0 Å². The van der Waals surface area contributed by atoms with E-state index in [1.807, 2.05) is 44.0 Å². The van der Waals surface area contributed by atoms with E-state index in [9.17, 15) is 0 Å². The van der Waals surface area contributed by atoms with Crippen LogP contribution in [0.3, 0.4) is 0 Å². The molecule has 0 atom stereocenters. The minimum atomic E-state index is 0.720. The number of aromatic nitrogens is 4. The molecule has 98 valence electrons. The van der Waals surface area contributed by atoms with Crippen LogP contribution in [-0.4, -0.2) is 26.9 Å². The quantitative estimate of drug-likeness (QED) is 0.718. The third-order valence-electron chi connectivity index (χ3n) is 3.06. The summed E-state index contributed by atoms with van der Waals surface area (Å²) in [5.74, 6) is 2.50. The maximum Gasteiger partial charge on any atom is 0.176 e. The molecule has 3 aromatic heterocycles. The molecule has 0 bridgehead atoms. The number of rotatable bonds is 3. The second-order valence-corrected chi connectivity index (χ2v) is 4.56. The van der Waals surface area contributed by atoms with E-state index in [1.54, 1.807) is 10.9 Å². The van der Waals surface area contributed by atoms with Gasteiger partial charge in [-0.1, -0.05) is 0 Å². The van der Waals surface area contributed by atoms with Crippen LogP contribution in [0.4, 0.5) is 5.82 Å². The minimum absolute atomic E-state index is 0.720. The van der Waals surface area contributed by atoms with E-state index in [0.29, 0.717) is 0 Å². The maximum absolute atomic E-state index is 5.30. The average molecular weight is 257 g/mol. The van der Waals surface area contributed by atoms with Crippen LogP contribution in [0.1, 0.15) is 17.1 Å². The van der Waals surface area contributed by atoms with Gasteiger partial charge in [-0.15, -0.1) is 14.8 Å². The molecular formula is C13H15N5O. The number of hydrogen-bond acceptors (Lipinski definition) is 5. The van der Waals surface area contributed by atoms with Gasteiger partial charge in [0.05, 0.1) is 6.26 Å². The third-order valence-corrected chi connectivity index (χ3v) is 3.06. The fourth-order valence-electron chi connectivity index (χ4n) is 1.99. The largest absolute Gasteiger partial charge is 0.469 e. The Morgan fingerprint density at radius 2 is 2.05 bits per heavy atom. The van der Waals surface area contributed by atoms with Crippen molar-refractivity contribution in [3.63, 3.8) is 0 Å². The van der Waals surface area contributed by atoms with E-state index in [2.05, 4.69) is 15.2 Å². The van der Waals surface area contributed by atoms with E-state index >= 15 is 0 Å². The predicted octanol–water partition coefficient (Wildman–Crippen LogP) is 1.97. The van der Waals surface area contributed by atoms with Gasteiger partial charge in [0.15, 0.2) is 11.5 Å². The average Bonchev–Trinajstić information content (AvgIpc) is 2.93. The first kappa shape index (κ1) is 11.7. The summed E-state index contributed by atoms with van der Waals surface area (Å²) in [5, 5.41) is 8.66.